The second-order valence-corrected chi connectivity index (χ2v) is 7.46. The maximum atomic E-state index is 12.2. The Morgan fingerprint density at radius 2 is 1.93 bits per heavy atom. The van der Waals surface area contributed by atoms with E-state index < -0.39 is 0 Å². The first-order valence-electron chi connectivity index (χ1n) is 9.08. The zero-order valence-electron chi connectivity index (χ0n) is 16.3. The van der Waals surface area contributed by atoms with E-state index in [1.165, 1.54) is 0 Å². The lowest BCUT2D eigenvalue weighted by atomic mass is 9.92. The summed E-state index contributed by atoms with van der Waals surface area (Å²) >= 11 is 0. The van der Waals surface area contributed by atoms with Crippen molar-refractivity contribution in [3.63, 3.8) is 0 Å². The Morgan fingerprint density at radius 1 is 1.14 bits per heavy atom. The highest BCUT2D eigenvalue weighted by Crippen LogP contribution is 2.20. The smallest absolute Gasteiger partial charge is 0.291 e. The SMILES string of the molecule is CC(C)(C)c1cc(C(=O)NN=Cc2cccc(OCc3ccccc3)c2)n[nH]1. The second-order valence-electron chi connectivity index (χ2n) is 7.46. The van der Waals surface area contributed by atoms with Gasteiger partial charge in [-0.05, 0) is 29.3 Å². The van der Waals surface area contributed by atoms with Crippen LogP contribution in [0, 0.1) is 0 Å². The summed E-state index contributed by atoms with van der Waals surface area (Å²) in [6.07, 6.45) is 1.57. The molecule has 1 amide bonds. The van der Waals surface area contributed by atoms with Gasteiger partial charge in [0.15, 0.2) is 5.69 Å². The molecule has 0 unspecified atom stereocenters. The molecule has 0 atom stereocenters. The summed E-state index contributed by atoms with van der Waals surface area (Å²) < 4.78 is 5.80. The lowest BCUT2D eigenvalue weighted by Gasteiger charge is -2.14. The van der Waals surface area contributed by atoms with Crippen molar-refractivity contribution >= 4 is 12.1 Å². The summed E-state index contributed by atoms with van der Waals surface area (Å²) in [6.45, 7) is 6.64. The van der Waals surface area contributed by atoms with Gasteiger partial charge in [0.1, 0.15) is 12.4 Å². The molecule has 0 aliphatic carbocycles. The molecule has 2 N–H and O–H groups in total. The summed E-state index contributed by atoms with van der Waals surface area (Å²) in [4.78, 5) is 12.2. The number of carbonyl (C=O) groups is 1. The van der Waals surface area contributed by atoms with Gasteiger partial charge in [-0.3, -0.25) is 9.89 Å². The zero-order valence-corrected chi connectivity index (χ0v) is 16.3. The van der Waals surface area contributed by atoms with Crippen molar-refractivity contribution in [2.45, 2.75) is 32.8 Å². The standard InChI is InChI=1S/C22H24N4O2/c1-22(2,3)20-13-19(24-25-20)21(27)26-23-14-17-10-7-11-18(12-17)28-15-16-8-5-4-6-9-16/h4-14H,15H2,1-3H3,(H,24,25)(H,26,27). The molecule has 0 saturated heterocycles. The Kier molecular flexibility index (Phi) is 5.89. The maximum Gasteiger partial charge on any atom is 0.291 e. The van der Waals surface area contributed by atoms with E-state index in [4.69, 9.17) is 4.74 Å². The van der Waals surface area contributed by atoms with E-state index in [-0.39, 0.29) is 11.3 Å². The van der Waals surface area contributed by atoms with Crippen LogP contribution >= 0.6 is 0 Å². The van der Waals surface area contributed by atoms with Crippen LogP contribution in [0.4, 0.5) is 0 Å². The van der Waals surface area contributed by atoms with Crippen LogP contribution in [0.2, 0.25) is 0 Å². The number of hydrogen-bond acceptors (Lipinski definition) is 4. The van der Waals surface area contributed by atoms with E-state index in [9.17, 15) is 4.79 Å². The van der Waals surface area contributed by atoms with E-state index >= 15 is 0 Å². The number of aromatic nitrogens is 2. The summed E-state index contributed by atoms with van der Waals surface area (Å²) in [6, 6.07) is 19.2. The third-order valence-electron chi connectivity index (χ3n) is 4.10. The molecule has 0 fully saturated rings. The molecule has 1 heterocycles. The number of nitrogens with one attached hydrogen (secondary N) is 2. The predicted octanol–water partition coefficient (Wildman–Crippen LogP) is 4.05. The first-order chi connectivity index (χ1) is 13.4. The fourth-order valence-corrected chi connectivity index (χ4v) is 2.47. The van der Waals surface area contributed by atoms with Gasteiger partial charge in [-0.15, -0.1) is 0 Å². The van der Waals surface area contributed by atoms with Crippen LogP contribution in [0.1, 0.15) is 48.1 Å². The molecular weight excluding hydrogens is 352 g/mol. The lowest BCUT2D eigenvalue weighted by molar-refractivity contribution is 0.0950. The number of hydrazone groups is 1. The van der Waals surface area contributed by atoms with Crippen molar-refractivity contribution in [2.75, 3.05) is 0 Å². The molecule has 0 spiro atoms. The summed E-state index contributed by atoms with van der Waals surface area (Å²) in [5.41, 5.74) is 5.52. The minimum Gasteiger partial charge on any atom is -0.489 e. The van der Waals surface area contributed by atoms with Gasteiger partial charge >= 0.3 is 0 Å². The van der Waals surface area contributed by atoms with Crippen molar-refractivity contribution in [1.82, 2.24) is 15.6 Å². The molecule has 0 aliphatic rings. The van der Waals surface area contributed by atoms with Crippen LogP contribution in [0.5, 0.6) is 5.75 Å². The van der Waals surface area contributed by atoms with Gasteiger partial charge in [-0.1, -0.05) is 63.2 Å². The van der Waals surface area contributed by atoms with Gasteiger partial charge in [0.05, 0.1) is 6.21 Å². The third-order valence-corrected chi connectivity index (χ3v) is 4.10. The Morgan fingerprint density at radius 3 is 2.64 bits per heavy atom. The van der Waals surface area contributed by atoms with Crippen LogP contribution in [0.15, 0.2) is 65.8 Å². The van der Waals surface area contributed by atoms with Gasteiger partial charge < -0.3 is 4.74 Å². The van der Waals surface area contributed by atoms with E-state index in [1.807, 2.05) is 75.4 Å². The van der Waals surface area contributed by atoms with Gasteiger partial charge in [0.25, 0.3) is 5.91 Å². The van der Waals surface area contributed by atoms with E-state index in [0.29, 0.717) is 12.3 Å². The van der Waals surface area contributed by atoms with Crippen LogP contribution in [-0.2, 0) is 12.0 Å². The van der Waals surface area contributed by atoms with E-state index in [2.05, 4.69) is 20.7 Å². The highest BCUT2D eigenvalue weighted by molar-refractivity contribution is 5.93. The number of benzene rings is 2. The number of aromatic amines is 1. The molecule has 3 rings (SSSR count). The molecule has 28 heavy (non-hydrogen) atoms. The number of rotatable bonds is 6. The van der Waals surface area contributed by atoms with Crippen LogP contribution < -0.4 is 10.2 Å². The average molecular weight is 376 g/mol. The van der Waals surface area contributed by atoms with Crippen molar-refractivity contribution < 1.29 is 9.53 Å². The topological polar surface area (TPSA) is 79.4 Å². The van der Waals surface area contributed by atoms with Crippen molar-refractivity contribution in [3.8, 4) is 5.75 Å². The van der Waals surface area contributed by atoms with E-state index in [0.717, 1.165) is 22.6 Å². The number of H-pyrrole nitrogens is 1. The third kappa shape index (κ3) is 5.30. The normalized spacial score (nSPS) is 11.5. The van der Waals surface area contributed by atoms with E-state index in [1.54, 1.807) is 12.3 Å². The summed E-state index contributed by atoms with van der Waals surface area (Å²) in [7, 11) is 0. The highest BCUT2D eigenvalue weighted by atomic mass is 16.5. The zero-order chi connectivity index (χ0) is 20.0. The fraction of sp³-hybridized carbons (Fsp3) is 0.227. The number of hydrogen-bond donors (Lipinski definition) is 2. The number of carbonyl (C=O) groups excluding carboxylic acids is 1. The molecule has 144 valence electrons. The van der Waals surface area contributed by atoms with Crippen molar-refractivity contribution in [1.29, 1.82) is 0 Å². The predicted molar refractivity (Wildman–Crippen MR) is 110 cm³/mol. The summed E-state index contributed by atoms with van der Waals surface area (Å²) in [5.74, 6) is 0.376. The largest absolute Gasteiger partial charge is 0.489 e. The quantitative estimate of drug-likeness (QED) is 0.503. The Labute approximate surface area is 164 Å². The molecule has 0 aliphatic heterocycles. The van der Waals surface area contributed by atoms with Crippen LogP contribution in [0.25, 0.3) is 0 Å². The molecule has 0 saturated carbocycles. The second kappa shape index (κ2) is 8.52. The fourth-order valence-electron chi connectivity index (χ4n) is 2.47. The summed E-state index contributed by atoms with van der Waals surface area (Å²) in [5, 5.41) is 10.9. The minimum atomic E-state index is -0.362. The number of ether oxygens (including phenoxy) is 1. The van der Waals surface area contributed by atoms with Gasteiger partial charge in [-0.2, -0.15) is 10.2 Å². The van der Waals surface area contributed by atoms with Crippen LogP contribution in [-0.4, -0.2) is 22.3 Å². The lowest BCUT2D eigenvalue weighted by Crippen LogP contribution is -2.18. The molecule has 1 aromatic heterocycles. The number of amides is 1. The Balaban J connectivity index is 1.57. The molecule has 0 radical (unpaired) electrons. The minimum absolute atomic E-state index is 0.102. The molecule has 0 bridgehead atoms. The maximum absolute atomic E-state index is 12.2. The molecule has 6 heteroatoms. The van der Waals surface area contributed by atoms with Crippen LogP contribution in [0.3, 0.4) is 0 Å². The number of nitrogens with zero attached hydrogens (tertiary/aromatic N) is 2. The molecule has 6 nitrogen and oxygen atoms in total. The monoisotopic (exact) mass is 376 g/mol. The Hall–Kier alpha value is -3.41. The molecular formula is C22H24N4O2. The first kappa shape index (κ1) is 19.4. The van der Waals surface area contributed by atoms with Gasteiger partial charge in [0, 0.05) is 11.1 Å². The Bertz CT molecular complexity index is 956. The molecule has 2 aromatic carbocycles. The van der Waals surface area contributed by atoms with Crippen molar-refractivity contribution in [3.05, 3.63) is 83.2 Å². The van der Waals surface area contributed by atoms with Crippen molar-refractivity contribution in [2.24, 2.45) is 5.10 Å². The highest BCUT2D eigenvalue weighted by Gasteiger charge is 2.19. The molecule has 3 aromatic rings. The average Bonchev–Trinajstić information content (AvgIpc) is 3.18. The van der Waals surface area contributed by atoms with Gasteiger partial charge in [-0.25, -0.2) is 5.43 Å². The van der Waals surface area contributed by atoms with Gasteiger partial charge in [0.2, 0.25) is 0 Å². The first-order valence-corrected chi connectivity index (χ1v) is 9.08.